The van der Waals surface area contributed by atoms with Gasteiger partial charge in [-0.2, -0.15) is 4.98 Å². The summed E-state index contributed by atoms with van der Waals surface area (Å²) in [5.41, 5.74) is 6.32. The molecule has 1 aromatic heterocycles. The zero-order valence-corrected chi connectivity index (χ0v) is 9.11. The van der Waals surface area contributed by atoms with E-state index < -0.39 is 0 Å². The van der Waals surface area contributed by atoms with Gasteiger partial charge >= 0.3 is 5.69 Å². The highest BCUT2D eigenvalue weighted by Gasteiger charge is 2.10. The Labute approximate surface area is 91.1 Å². The van der Waals surface area contributed by atoms with Crippen molar-refractivity contribution in [3.05, 3.63) is 22.2 Å². The average molecular weight is 211 g/mol. The SMILES string of the molecule is C.CC(C)c1cn(C(C)C)c(=O)nc1N. The Morgan fingerprint density at radius 3 is 2.27 bits per heavy atom. The van der Waals surface area contributed by atoms with E-state index in [1.54, 1.807) is 10.8 Å². The van der Waals surface area contributed by atoms with Crippen LogP contribution >= 0.6 is 0 Å². The van der Waals surface area contributed by atoms with Crippen molar-refractivity contribution >= 4 is 5.82 Å². The summed E-state index contributed by atoms with van der Waals surface area (Å²) in [6.07, 6.45) is 1.81. The molecule has 0 fully saturated rings. The average Bonchev–Trinajstić information content (AvgIpc) is 2.02. The highest BCUT2D eigenvalue weighted by molar-refractivity contribution is 5.38. The highest BCUT2D eigenvalue weighted by Crippen LogP contribution is 2.18. The topological polar surface area (TPSA) is 60.9 Å². The molecule has 0 aliphatic carbocycles. The van der Waals surface area contributed by atoms with Crippen LogP contribution in [0.1, 0.15) is 52.6 Å². The molecule has 0 bridgehead atoms. The second kappa shape index (κ2) is 4.96. The summed E-state index contributed by atoms with van der Waals surface area (Å²) in [7, 11) is 0. The summed E-state index contributed by atoms with van der Waals surface area (Å²) in [6, 6.07) is 0.119. The first-order chi connectivity index (χ1) is 6.43. The first-order valence-corrected chi connectivity index (χ1v) is 4.82. The Hall–Kier alpha value is -1.32. The second-order valence-corrected chi connectivity index (χ2v) is 4.02. The summed E-state index contributed by atoms with van der Waals surface area (Å²) in [5, 5.41) is 0. The van der Waals surface area contributed by atoms with E-state index in [-0.39, 0.29) is 25.1 Å². The van der Waals surface area contributed by atoms with Gasteiger partial charge in [0.1, 0.15) is 5.82 Å². The van der Waals surface area contributed by atoms with Crippen molar-refractivity contribution in [1.82, 2.24) is 9.55 Å². The monoisotopic (exact) mass is 211 g/mol. The lowest BCUT2D eigenvalue weighted by Crippen LogP contribution is -2.26. The molecule has 1 aromatic rings. The van der Waals surface area contributed by atoms with Crippen LogP contribution in [0.5, 0.6) is 0 Å². The molecule has 0 aliphatic rings. The molecule has 0 radical (unpaired) electrons. The summed E-state index contributed by atoms with van der Waals surface area (Å²) in [4.78, 5) is 15.2. The lowest BCUT2D eigenvalue weighted by atomic mass is 10.1. The molecule has 86 valence electrons. The second-order valence-electron chi connectivity index (χ2n) is 4.02. The molecule has 0 aliphatic heterocycles. The molecule has 0 saturated carbocycles. The van der Waals surface area contributed by atoms with Crippen molar-refractivity contribution in [2.75, 3.05) is 5.73 Å². The number of hydrogen-bond donors (Lipinski definition) is 1. The molecule has 1 rings (SSSR count). The summed E-state index contributed by atoms with van der Waals surface area (Å²) >= 11 is 0. The summed E-state index contributed by atoms with van der Waals surface area (Å²) in [5.74, 6) is 0.634. The van der Waals surface area contributed by atoms with Gasteiger partial charge in [-0.3, -0.25) is 4.57 Å². The van der Waals surface area contributed by atoms with Crippen molar-refractivity contribution in [2.24, 2.45) is 0 Å². The van der Waals surface area contributed by atoms with E-state index >= 15 is 0 Å². The van der Waals surface area contributed by atoms with Crippen molar-refractivity contribution in [2.45, 2.75) is 47.1 Å². The van der Waals surface area contributed by atoms with E-state index in [2.05, 4.69) is 4.98 Å². The van der Waals surface area contributed by atoms with Crippen LogP contribution in [-0.4, -0.2) is 9.55 Å². The Bertz CT molecular complexity index is 380. The van der Waals surface area contributed by atoms with Gasteiger partial charge < -0.3 is 5.73 Å². The quantitative estimate of drug-likeness (QED) is 0.815. The van der Waals surface area contributed by atoms with Crippen LogP contribution in [-0.2, 0) is 0 Å². The fraction of sp³-hybridized carbons (Fsp3) is 0.636. The van der Waals surface area contributed by atoms with E-state index in [0.717, 1.165) is 5.56 Å². The van der Waals surface area contributed by atoms with Gasteiger partial charge in [-0.25, -0.2) is 4.79 Å². The predicted molar refractivity (Wildman–Crippen MR) is 64.1 cm³/mol. The zero-order chi connectivity index (χ0) is 10.9. The van der Waals surface area contributed by atoms with Crippen molar-refractivity contribution in [3.8, 4) is 0 Å². The van der Waals surface area contributed by atoms with Gasteiger partial charge in [-0.15, -0.1) is 0 Å². The number of aromatic nitrogens is 2. The standard InChI is InChI=1S/C10H17N3O.CH4/c1-6(2)8-5-13(7(3)4)10(14)12-9(8)11;/h5-7H,1-4H3,(H2,11,12,14);1H4. The van der Waals surface area contributed by atoms with E-state index in [1.807, 2.05) is 27.7 Å². The third-order valence-corrected chi connectivity index (χ3v) is 2.19. The number of rotatable bonds is 2. The van der Waals surface area contributed by atoms with Gasteiger partial charge in [-0.05, 0) is 19.8 Å². The Morgan fingerprint density at radius 2 is 1.87 bits per heavy atom. The molecule has 1 heterocycles. The van der Waals surface area contributed by atoms with Gasteiger partial charge in [0.2, 0.25) is 0 Å². The van der Waals surface area contributed by atoms with Gasteiger partial charge in [-0.1, -0.05) is 21.3 Å². The van der Waals surface area contributed by atoms with Crippen LogP contribution in [0.3, 0.4) is 0 Å². The summed E-state index contributed by atoms with van der Waals surface area (Å²) < 4.78 is 1.60. The van der Waals surface area contributed by atoms with Crippen LogP contribution in [0.25, 0.3) is 0 Å². The van der Waals surface area contributed by atoms with Crippen LogP contribution in [0.4, 0.5) is 5.82 Å². The lowest BCUT2D eigenvalue weighted by molar-refractivity contribution is 0.557. The third-order valence-electron chi connectivity index (χ3n) is 2.19. The highest BCUT2D eigenvalue weighted by atomic mass is 16.1. The van der Waals surface area contributed by atoms with Crippen LogP contribution in [0.2, 0.25) is 0 Å². The van der Waals surface area contributed by atoms with E-state index in [9.17, 15) is 4.79 Å². The number of hydrogen-bond acceptors (Lipinski definition) is 3. The first-order valence-electron chi connectivity index (χ1n) is 4.82. The first kappa shape index (κ1) is 13.7. The van der Waals surface area contributed by atoms with E-state index in [1.165, 1.54) is 0 Å². The smallest absolute Gasteiger partial charge is 0.349 e. The van der Waals surface area contributed by atoms with Crippen LogP contribution in [0.15, 0.2) is 11.0 Å². The largest absolute Gasteiger partial charge is 0.383 e. The Kier molecular flexibility index (Phi) is 4.52. The fourth-order valence-electron chi connectivity index (χ4n) is 1.31. The maximum absolute atomic E-state index is 11.4. The minimum Gasteiger partial charge on any atom is -0.383 e. The molecule has 0 spiro atoms. The zero-order valence-electron chi connectivity index (χ0n) is 9.11. The van der Waals surface area contributed by atoms with E-state index in [0.29, 0.717) is 5.82 Å². The molecule has 0 aromatic carbocycles. The van der Waals surface area contributed by atoms with Crippen molar-refractivity contribution < 1.29 is 0 Å². The minimum absolute atomic E-state index is 0. The number of nitrogens with two attached hydrogens (primary N) is 1. The molecule has 4 heteroatoms. The lowest BCUT2D eigenvalue weighted by Gasteiger charge is -2.14. The van der Waals surface area contributed by atoms with E-state index in [4.69, 9.17) is 5.73 Å². The van der Waals surface area contributed by atoms with Crippen molar-refractivity contribution in [1.29, 1.82) is 0 Å². The fourth-order valence-corrected chi connectivity index (χ4v) is 1.31. The number of nitrogen functional groups attached to an aromatic ring is 1. The number of anilines is 1. The molecule has 0 atom stereocenters. The summed E-state index contributed by atoms with van der Waals surface area (Å²) in [6.45, 7) is 7.96. The van der Waals surface area contributed by atoms with Gasteiger partial charge in [0.25, 0.3) is 0 Å². The maximum atomic E-state index is 11.4. The third kappa shape index (κ3) is 2.81. The van der Waals surface area contributed by atoms with Crippen LogP contribution < -0.4 is 11.4 Å². The normalized spacial score (nSPS) is 10.5. The molecular weight excluding hydrogens is 190 g/mol. The Balaban J connectivity index is 0.00000196. The molecule has 2 N–H and O–H groups in total. The molecule has 4 nitrogen and oxygen atoms in total. The van der Waals surface area contributed by atoms with Gasteiger partial charge in [0, 0.05) is 17.8 Å². The molecular formula is C11H21N3O. The predicted octanol–water partition coefficient (Wildman–Crippen LogP) is 2.17. The van der Waals surface area contributed by atoms with Crippen LogP contribution in [0, 0.1) is 0 Å². The maximum Gasteiger partial charge on any atom is 0.349 e. The minimum atomic E-state index is -0.276. The van der Waals surface area contributed by atoms with Gasteiger partial charge in [0.05, 0.1) is 0 Å². The van der Waals surface area contributed by atoms with Crippen molar-refractivity contribution in [3.63, 3.8) is 0 Å². The van der Waals surface area contributed by atoms with Gasteiger partial charge in [0.15, 0.2) is 0 Å². The Morgan fingerprint density at radius 1 is 1.33 bits per heavy atom. The molecule has 0 unspecified atom stereocenters. The molecule has 15 heavy (non-hydrogen) atoms. The molecule has 0 amide bonds. The molecule has 0 saturated heterocycles. The number of nitrogens with zero attached hydrogens (tertiary/aromatic N) is 2.